The van der Waals surface area contributed by atoms with Gasteiger partial charge in [-0.15, -0.1) is 0 Å². The number of halogens is 3. The molecule has 122 valence electrons. The summed E-state index contributed by atoms with van der Waals surface area (Å²) in [5.41, 5.74) is 0.697. The Balaban J connectivity index is 2.44. The zero-order chi connectivity index (χ0) is 16.8. The van der Waals surface area contributed by atoms with E-state index in [2.05, 4.69) is 15.4 Å². The molecule has 0 aliphatic carbocycles. The topological polar surface area (TPSA) is 67.4 Å². The lowest BCUT2D eigenvalue weighted by atomic mass is 10.2. The molecule has 1 rings (SSSR count). The first-order chi connectivity index (χ1) is 10.2. The predicted octanol–water partition coefficient (Wildman–Crippen LogP) is 1.77. The van der Waals surface area contributed by atoms with Gasteiger partial charge in [0.1, 0.15) is 11.8 Å². The van der Waals surface area contributed by atoms with Gasteiger partial charge in [-0.1, -0.05) is 12.1 Å². The highest BCUT2D eigenvalue weighted by Gasteiger charge is 2.28. The molecule has 5 nitrogen and oxygen atoms in total. The second kappa shape index (κ2) is 7.67. The first-order valence-corrected chi connectivity index (χ1v) is 6.50. The summed E-state index contributed by atoms with van der Waals surface area (Å²) in [7, 11) is 0. The molecule has 0 fully saturated rings. The largest absolute Gasteiger partial charge is 0.484 e. The number of benzene rings is 1. The van der Waals surface area contributed by atoms with Crippen LogP contribution in [0, 0.1) is 0 Å². The molecule has 2 N–H and O–H groups in total. The number of alkyl halides is 3. The Kier molecular flexibility index (Phi) is 6.21. The van der Waals surface area contributed by atoms with Crippen molar-refractivity contribution in [3.8, 4) is 5.75 Å². The monoisotopic (exact) mass is 318 g/mol. The summed E-state index contributed by atoms with van der Waals surface area (Å²) in [6, 6.07) is 5.23. The minimum absolute atomic E-state index is 0.0963. The van der Waals surface area contributed by atoms with Gasteiger partial charge in [0, 0.05) is 13.5 Å². The third-order valence-corrected chi connectivity index (χ3v) is 2.61. The van der Waals surface area contributed by atoms with E-state index in [-0.39, 0.29) is 24.1 Å². The molecule has 0 radical (unpaired) electrons. The normalized spacial score (nSPS) is 12.4. The van der Waals surface area contributed by atoms with Gasteiger partial charge < -0.3 is 15.4 Å². The summed E-state index contributed by atoms with van der Waals surface area (Å²) in [6.07, 6.45) is -4.38. The van der Waals surface area contributed by atoms with Gasteiger partial charge in [0.05, 0.1) is 0 Å². The van der Waals surface area contributed by atoms with Crippen LogP contribution in [0.3, 0.4) is 0 Å². The minimum Gasteiger partial charge on any atom is -0.484 e. The van der Waals surface area contributed by atoms with Gasteiger partial charge in [-0.25, -0.2) is 0 Å². The molecule has 1 aromatic rings. The Bertz CT molecular complexity index is 515. The average Bonchev–Trinajstić information content (AvgIpc) is 2.42. The van der Waals surface area contributed by atoms with E-state index in [0.717, 1.165) is 0 Å². The summed E-state index contributed by atoms with van der Waals surface area (Å²) in [4.78, 5) is 22.5. The quantitative estimate of drug-likeness (QED) is 0.840. The van der Waals surface area contributed by atoms with Crippen molar-refractivity contribution >= 4 is 11.8 Å². The maximum atomic E-state index is 12.0. The van der Waals surface area contributed by atoms with Crippen molar-refractivity contribution in [2.45, 2.75) is 32.6 Å². The number of amides is 2. The number of nitrogens with one attached hydrogen (secondary N) is 2. The summed E-state index contributed by atoms with van der Waals surface area (Å²) >= 11 is 0. The summed E-state index contributed by atoms with van der Waals surface area (Å²) in [6.45, 7) is 1.70. The van der Waals surface area contributed by atoms with Gasteiger partial charge in [0.15, 0.2) is 6.61 Å². The molecule has 0 saturated carbocycles. The van der Waals surface area contributed by atoms with E-state index in [9.17, 15) is 22.8 Å². The Morgan fingerprint density at radius 2 is 1.82 bits per heavy atom. The number of hydrogen-bond acceptors (Lipinski definition) is 3. The van der Waals surface area contributed by atoms with Crippen LogP contribution < -0.4 is 15.4 Å². The molecule has 1 aromatic carbocycles. The lowest BCUT2D eigenvalue weighted by molar-refractivity contribution is -0.153. The van der Waals surface area contributed by atoms with Crippen LogP contribution in [0.1, 0.15) is 19.4 Å². The molecule has 0 aliphatic heterocycles. The van der Waals surface area contributed by atoms with Crippen LogP contribution in [-0.2, 0) is 16.1 Å². The molecule has 8 heteroatoms. The fourth-order valence-corrected chi connectivity index (χ4v) is 1.58. The highest BCUT2D eigenvalue weighted by Crippen LogP contribution is 2.18. The number of carbonyl (C=O) groups is 2. The van der Waals surface area contributed by atoms with Crippen LogP contribution in [0.2, 0.25) is 0 Å². The first-order valence-electron chi connectivity index (χ1n) is 6.50. The molecule has 0 heterocycles. The van der Waals surface area contributed by atoms with Crippen LogP contribution in [0.15, 0.2) is 24.3 Å². The standard InChI is InChI=1S/C14H17F3N2O3/c1-9(19-10(2)20)13(21)18-7-11-3-5-12(6-4-11)22-8-14(15,16)17/h3-6,9H,7-8H2,1-2H3,(H,18,21)(H,19,20)/t9-/m1/s1. The number of ether oxygens (including phenoxy) is 1. The first kappa shape index (κ1) is 17.8. The molecule has 1 atom stereocenters. The highest BCUT2D eigenvalue weighted by molar-refractivity contribution is 5.86. The maximum Gasteiger partial charge on any atom is 0.422 e. The molecular formula is C14H17F3N2O3. The zero-order valence-electron chi connectivity index (χ0n) is 12.2. The smallest absolute Gasteiger partial charge is 0.422 e. The molecule has 2 amide bonds. The number of carbonyl (C=O) groups excluding carboxylic acids is 2. The van der Waals surface area contributed by atoms with Gasteiger partial charge in [0.2, 0.25) is 11.8 Å². The van der Waals surface area contributed by atoms with Crippen molar-refractivity contribution in [2.24, 2.45) is 0 Å². The fraction of sp³-hybridized carbons (Fsp3) is 0.429. The van der Waals surface area contributed by atoms with Crippen molar-refractivity contribution < 1.29 is 27.5 Å². The van der Waals surface area contributed by atoms with E-state index >= 15 is 0 Å². The molecule has 0 aliphatic rings. The lowest BCUT2D eigenvalue weighted by Gasteiger charge is -2.13. The van der Waals surface area contributed by atoms with Gasteiger partial charge >= 0.3 is 6.18 Å². The average molecular weight is 318 g/mol. The van der Waals surface area contributed by atoms with Crippen molar-refractivity contribution in [1.82, 2.24) is 10.6 Å². The molecular weight excluding hydrogens is 301 g/mol. The molecule has 0 spiro atoms. The molecule has 0 bridgehead atoms. The Morgan fingerprint density at radius 3 is 2.32 bits per heavy atom. The Hall–Kier alpha value is -2.25. The number of hydrogen-bond donors (Lipinski definition) is 2. The van der Waals surface area contributed by atoms with Crippen LogP contribution in [0.25, 0.3) is 0 Å². The maximum absolute atomic E-state index is 12.0. The van der Waals surface area contributed by atoms with Crippen molar-refractivity contribution in [3.63, 3.8) is 0 Å². The molecule has 22 heavy (non-hydrogen) atoms. The van der Waals surface area contributed by atoms with Gasteiger partial charge in [-0.05, 0) is 24.6 Å². The van der Waals surface area contributed by atoms with Crippen LogP contribution in [0.5, 0.6) is 5.75 Å². The molecule has 0 aromatic heterocycles. The van der Waals surface area contributed by atoms with Crippen molar-refractivity contribution in [1.29, 1.82) is 0 Å². The van der Waals surface area contributed by atoms with Gasteiger partial charge in [-0.3, -0.25) is 9.59 Å². The van der Waals surface area contributed by atoms with E-state index < -0.39 is 18.8 Å². The van der Waals surface area contributed by atoms with E-state index in [4.69, 9.17) is 0 Å². The summed E-state index contributed by atoms with van der Waals surface area (Å²) < 4.78 is 40.6. The van der Waals surface area contributed by atoms with E-state index in [1.807, 2.05) is 0 Å². The summed E-state index contributed by atoms with van der Waals surface area (Å²) in [5.74, 6) is -0.569. The number of rotatable bonds is 6. The zero-order valence-corrected chi connectivity index (χ0v) is 12.2. The lowest BCUT2D eigenvalue weighted by Crippen LogP contribution is -2.43. The second-order valence-electron chi connectivity index (χ2n) is 4.69. The van der Waals surface area contributed by atoms with Gasteiger partial charge in [0.25, 0.3) is 0 Å². The van der Waals surface area contributed by atoms with E-state index in [1.54, 1.807) is 19.1 Å². The Labute approximate surface area is 125 Å². The SMILES string of the molecule is CC(=O)N[C@H](C)C(=O)NCc1ccc(OCC(F)(F)F)cc1. The molecule has 0 saturated heterocycles. The van der Waals surface area contributed by atoms with E-state index in [0.29, 0.717) is 5.56 Å². The fourth-order valence-electron chi connectivity index (χ4n) is 1.58. The van der Waals surface area contributed by atoms with Crippen molar-refractivity contribution in [2.75, 3.05) is 6.61 Å². The summed E-state index contributed by atoms with van der Waals surface area (Å²) in [5, 5.41) is 5.05. The van der Waals surface area contributed by atoms with Crippen LogP contribution >= 0.6 is 0 Å². The Morgan fingerprint density at radius 1 is 1.23 bits per heavy atom. The van der Waals surface area contributed by atoms with E-state index in [1.165, 1.54) is 19.1 Å². The predicted molar refractivity (Wildman–Crippen MR) is 73.1 cm³/mol. The second-order valence-corrected chi connectivity index (χ2v) is 4.69. The van der Waals surface area contributed by atoms with Gasteiger partial charge in [-0.2, -0.15) is 13.2 Å². The van der Waals surface area contributed by atoms with Crippen LogP contribution in [0.4, 0.5) is 13.2 Å². The molecule has 0 unspecified atom stereocenters. The third kappa shape index (κ3) is 6.96. The minimum atomic E-state index is -4.38. The van der Waals surface area contributed by atoms with Crippen molar-refractivity contribution in [3.05, 3.63) is 29.8 Å². The third-order valence-electron chi connectivity index (χ3n) is 2.61. The highest BCUT2D eigenvalue weighted by atomic mass is 19.4. The van der Waals surface area contributed by atoms with Crippen LogP contribution in [-0.4, -0.2) is 30.6 Å².